The van der Waals surface area contributed by atoms with E-state index >= 15 is 0 Å². The van der Waals surface area contributed by atoms with Gasteiger partial charge in [-0.1, -0.05) is 115 Å². The molecule has 219 valence electrons. The van der Waals surface area contributed by atoms with Gasteiger partial charge in [-0.2, -0.15) is 0 Å². The summed E-state index contributed by atoms with van der Waals surface area (Å²) in [7, 11) is 0. The van der Waals surface area contributed by atoms with Crippen molar-refractivity contribution in [2.75, 3.05) is 0 Å². The predicted octanol–water partition coefficient (Wildman–Crippen LogP) is 10.6. The smallest absolute Gasteiger partial charge is 0.126 e. The average Bonchev–Trinajstić information content (AvgIpc) is 3.42. The third-order valence-corrected chi connectivity index (χ3v) is 7.45. The number of hydrogen-bond acceptors (Lipinski definition) is 3. The van der Waals surface area contributed by atoms with Crippen LogP contribution in [0.2, 0.25) is 0 Å². The Morgan fingerprint density at radius 2 is 1.34 bits per heavy atom. The van der Waals surface area contributed by atoms with E-state index in [1.807, 2.05) is 72.9 Å². The van der Waals surface area contributed by atoms with Crippen LogP contribution in [0.15, 0.2) is 138 Å². The average molecular weight is 749 g/mol. The van der Waals surface area contributed by atoms with Gasteiger partial charge >= 0.3 is 0 Å². The number of hydrogen-bond donors (Lipinski definition) is 0. The number of nitrogens with zero attached hydrogens (tertiary/aromatic N) is 2. The Labute approximate surface area is 273 Å². The maximum atomic E-state index is 6.40. The second kappa shape index (κ2) is 14.2. The molecule has 0 amide bonds. The van der Waals surface area contributed by atoms with E-state index in [2.05, 4.69) is 97.5 Å². The fourth-order valence-corrected chi connectivity index (χ4v) is 5.18. The first kappa shape index (κ1) is 30.8. The fourth-order valence-electron chi connectivity index (χ4n) is 5.18. The van der Waals surface area contributed by atoms with E-state index in [0.29, 0.717) is 5.92 Å². The molecule has 0 fully saturated rings. The van der Waals surface area contributed by atoms with Crippen LogP contribution >= 0.6 is 0 Å². The van der Waals surface area contributed by atoms with Crippen LogP contribution in [0.4, 0.5) is 0 Å². The van der Waals surface area contributed by atoms with Crippen molar-refractivity contribution in [1.29, 1.82) is 0 Å². The maximum absolute atomic E-state index is 6.40. The standard InChI is InChI=1S/C29H24NO.C11H8N.Ir/c1-19(2)23-14-15-30-26(17-23)24-16-25(21-10-6-4-7-11-21)28-20(3)29(31-27(28)18-24)22-12-8-5-9-13-22;1-2-6-10(7-3-1)11-8-4-5-9-12-11;/h4-17,19H,1-3H3;1-6,8-9H;/q2*-1;. The van der Waals surface area contributed by atoms with Crippen molar-refractivity contribution in [2.45, 2.75) is 26.7 Å². The van der Waals surface area contributed by atoms with Crippen LogP contribution in [0, 0.1) is 19.1 Å². The molecule has 1 radical (unpaired) electrons. The molecule has 3 heterocycles. The van der Waals surface area contributed by atoms with Gasteiger partial charge < -0.3 is 14.4 Å². The van der Waals surface area contributed by atoms with E-state index in [-0.39, 0.29) is 20.1 Å². The minimum atomic E-state index is 0. The molecule has 0 unspecified atom stereocenters. The van der Waals surface area contributed by atoms with Gasteiger partial charge in [0.15, 0.2) is 0 Å². The van der Waals surface area contributed by atoms with Gasteiger partial charge in [0, 0.05) is 38.1 Å². The summed E-state index contributed by atoms with van der Waals surface area (Å²) in [5.74, 6) is 1.33. The number of pyridine rings is 2. The van der Waals surface area contributed by atoms with Gasteiger partial charge in [0.2, 0.25) is 0 Å². The van der Waals surface area contributed by atoms with Crippen LogP contribution in [0.1, 0.15) is 30.9 Å². The molecule has 0 bridgehead atoms. The zero-order valence-electron chi connectivity index (χ0n) is 24.9. The quantitative estimate of drug-likeness (QED) is 0.165. The number of aryl methyl sites for hydroxylation is 1. The maximum Gasteiger partial charge on any atom is 0.126 e. The number of aromatic nitrogens is 2. The summed E-state index contributed by atoms with van der Waals surface area (Å²) in [6.45, 7) is 6.53. The minimum absolute atomic E-state index is 0. The number of fused-ring (bicyclic) bond motifs is 1. The van der Waals surface area contributed by atoms with E-state index in [1.165, 1.54) is 5.56 Å². The van der Waals surface area contributed by atoms with Crippen LogP contribution in [0.3, 0.4) is 0 Å². The first-order chi connectivity index (χ1) is 21.1. The second-order valence-corrected chi connectivity index (χ2v) is 10.7. The van der Waals surface area contributed by atoms with Crippen LogP contribution in [0.5, 0.6) is 0 Å². The largest absolute Gasteiger partial charge is 0.476 e. The monoisotopic (exact) mass is 749 g/mol. The van der Waals surface area contributed by atoms with E-state index in [1.54, 1.807) is 6.20 Å². The summed E-state index contributed by atoms with van der Waals surface area (Å²) in [5, 5.41) is 1.11. The third kappa shape index (κ3) is 6.78. The summed E-state index contributed by atoms with van der Waals surface area (Å²) in [5.41, 5.74) is 10.4. The Kier molecular flexibility index (Phi) is 9.96. The molecule has 4 heteroatoms. The summed E-state index contributed by atoms with van der Waals surface area (Å²) < 4.78 is 6.40. The molecular weight excluding hydrogens is 717 g/mol. The van der Waals surface area contributed by atoms with Crippen molar-refractivity contribution in [3.05, 3.63) is 157 Å². The van der Waals surface area contributed by atoms with Gasteiger partial charge in [-0.05, 0) is 47.5 Å². The van der Waals surface area contributed by atoms with Gasteiger partial charge in [0.05, 0.1) is 5.58 Å². The Morgan fingerprint density at radius 1 is 0.659 bits per heavy atom. The first-order valence-electron chi connectivity index (χ1n) is 14.5. The molecule has 0 spiro atoms. The van der Waals surface area contributed by atoms with Crippen molar-refractivity contribution < 1.29 is 24.5 Å². The number of rotatable bonds is 5. The van der Waals surface area contributed by atoms with Gasteiger partial charge in [-0.3, -0.25) is 0 Å². The Balaban J connectivity index is 0.000000248. The molecule has 7 rings (SSSR count). The molecule has 0 N–H and O–H groups in total. The van der Waals surface area contributed by atoms with Crippen LogP contribution in [-0.2, 0) is 20.1 Å². The van der Waals surface area contributed by atoms with Gasteiger partial charge in [0.25, 0.3) is 0 Å². The molecule has 0 saturated carbocycles. The Hall–Kier alpha value is -4.63. The zero-order valence-corrected chi connectivity index (χ0v) is 27.3. The van der Waals surface area contributed by atoms with Crippen molar-refractivity contribution >= 4 is 11.0 Å². The van der Waals surface area contributed by atoms with Crippen molar-refractivity contribution in [3.8, 4) is 45.0 Å². The van der Waals surface area contributed by atoms with E-state index < -0.39 is 0 Å². The molecule has 0 saturated heterocycles. The molecule has 3 nitrogen and oxygen atoms in total. The molecule has 0 atom stereocenters. The van der Waals surface area contributed by atoms with Gasteiger partial charge in [0.1, 0.15) is 5.76 Å². The molecular formula is C40H32IrN2O-2. The van der Waals surface area contributed by atoms with Crippen molar-refractivity contribution in [1.82, 2.24) is 9.97 Å². The zero-order chi connectivity index (χ0) is 29.6. The van der Waals surface area contributed by atoms with E-state index in [4.69, 9.17) is 4.42 Å². The molecule has 0 aliphatic heterocycles. The van der Waals surface area contributed by atoms with Gasteiger partial charge in [-0.15, -0.1) is 47.5 Å². The number of furan rings is 1. The minimum Gasteiger partial charge on any atom is -0.476 e. The predicted molar refractivity (Wildman–Crippen MR) is 176 cm³/mol. The summed E-state index contributed by atoms with van der Waals surface area (Å²) >= 11 is 0. The third-order valence-electron chi connectivity index (χ3n) is 7.45. The van der Waals surface area contributed by atoms with Crippen molar-refractivity contribution in [3.63, 3.8) is 0 Å². The van der Waals surface area contributed by atoms with Crippen LogP contribution in [0.25, 0.3) is 55.9 Å². The summed E-state index contributed by atoms with van der Waals surface area (Å²) in [6, 6.07) is 47.5. The van der Waals surface area contributed by atoms with E-state index in [9.17, 15) is 0 Å². The van der Waals surface area contributed by atoms with Crippen molar-refractivity contribution in [2.24, 2.45) is 0 Å². The topological polar surface area (TPSA) is 38.9 Å². The molecule has 44 heavy (non-hydrogen) atoms. The molecule has 4 aromatic carbocycles. The Bertz CT molecular complexity index is 1900. The number of benzene rings is 4. The fraction of sp³-hybridized carbons (Fsp3) is 0.100. The first-order valence-corrected chi connectivity index (χ1v) is 14.5. The molecule has 7 aromatic rings. The van der Waals surface area contributed by atoms with E-state index in [0.717, 1.165) is 61.5 Å². The Morgan fingerprint density at radius 3 is 2.00 bits per heavy atom. The summed E-state index contributed by atoms with van der Waals surface area (Å²) in [6.07, 6.45) is 3.67. The second-order valence-electron chi connectivity index (χ2n) is 10.7. The molecule has 3 aromatic heterocycles. The summed E-state index contributed by atoms with van der Waals surface area (Å²) in [4.78, 5) is 8.87. The normalized spacial score (nSPS) is 10.6. The van der Waals surface area contributed by atoms with Crippen LogP contribution in [-0.4, -0.2) is 9.97 Å². The van der Waals surface area contributed by atoms with Gasteiger partial charge in [-0.25, -0.2) is 0 Å². The van der Waals surface area contributed by atoms with Crippen LogP contribution < -0.4 is 0 Å². The molecule has 0 aliphatic carbocycles. The molecule has 0 aliphatic rings. The SMILES string of the molecule is Cc1c(-c2ccccc2)oc2[c-]c(-c3cc(C(C)C)ccn3)cc(-c3ccccc3)c12.[Ir].[c-]1ccccc1-c1ccccn1.